The summed E-state index contributed by atoms with van der Waals surface area (Å²) >= 11 is 0. The van der Waals surface area contributed by atoms with Gasteiger partial charge in [-0.1, -0.05) is 62.1 Å². The van der Waals surface area contributed by atoms with E-state index >= 15 is 9.59 Å². The lowest BCUT2D eigenvalue weighted by molar-refractivity contribution is -0.181. The fourth-order valence-corrected chi connectivity index (χ4v) is 7.92. The van der Waals surface area contributed by atoms with Gasteiger partial charge in [-0.25, -0.2) is 0 Å². The molecule has 2 bridgehead atoms. The van der Waals surface area contributed by atoms with E-state index in [2.05, 4.69) is 46.8 Å². The molecule has 2 fully saturated rings. The van der Waals surface area contributed by atoms with Gasteiger partial charge in [0, 0.05) is 5.56 Å². The van der Waals surface area contributed by atoms with Crippen LogP contribution in [0.4, 0.5) is 0 Å². The van der Waals surface area contributed by atoms with E-state index in [1.165, 1.54) is 23.3 Å². The van der Waals surface area contributed by atoms with E-state index in [-0.39, 0.29) is 35.0 Å². The van der Waals surface area contributed by atoms with Gasteiger partial charge in [0.05, 0.1) is 10.8 Å². The second-order valence-electron chi connectivity index (χ2n) is 14.1. The summed E-state index contributed by atoms with van der Waals surface area (Å²) in [5.41, 5.74) is -0.509. The van der Waals surface area contributed by atoms with Crippen LogP contribution in [0, 0.1) is 22.2 Å². The third kappa shape index (κ3) is 6.62. The smallest absolute Gasteiger partial charge is 0.184 e. The van der Waals surface area contributed by atoms with Gasteiger partial charge in [0.2, 0.25) is 0 Å². The third-order valence-corrected chi connectivity index (χ3v) is 10.6. The van der Waals surface area contributed by atoms with Crippen LogP contribution >= 0.6 is 0 Å². The van der Waals surface area contributed by atoms with Gasteiger partial charge in [-0.3, -0.25) is 14.4 Å². The normalized spacial score (nSPS) is 27.8. The molecule has 6 heteroatoms. The minimum absolute atomic E-state index is 0.0452. The van der Waals surface area contributed by atoms with Crippen LogP contribution in [-0.4, -0.2) is 32.7 Å². The molecule has 0 heterocycles. The van der Waals surface area contributed by atoms with E-state index in [0.29, 0.717) is 38.5 Å². The number of allylic oxidation sites excluding steroid dienone is 7. The molecule has 246 valence electrons. The molecule has 1 aromatic carbocycles. The fraction of sp³-hybridized carbons (Fsp3) is 0.564. The first-order valence-electron chi connectivity index (χ1n) is 16.6. The molecule has 2 saturated carbocycles. The lowest BCUT2D eigenvalue weighted by atomic mass is 9.37. The average molecular weight is 619 g/mol. The minimum atomic E-state index is -1.52. The highest BCUT2D eigenvalue weighted by atomic mass is 16.3. The zero-order valence-electron chi connectivity index (χ0n) is 28.7. The van der Waals surface area contributed by atoms with E-state index in [9.17, 15) is 20.1 Å². The topological polar surface area (TPSA) is 112 Å². The number of aliphatic hydroxyl groups is 1. The molecule has 0 spiro atoms. The minimum Gasteiger partial charge on any atom is -0.506 e. The zero-order valence-corrected chi connectivity index (χ0v) is 28.7. The predicted molar refractivity (Wildman–Crippen MR) is 181 cm³/mol. The number of hydrogen-bond acceptors (Lipinski definition) is 6. The summed E-state index contributed by atoms with van der Waals surface area (Å²) < 4.78 is 0. The number of phenols is 2. The number of Topliss-reactive ketones (excluding diaryl/α,β-unsaturated/α-hetero) is 3. The van der Waals surface area contributed by atoms with Crippen molar-refractivity contribution >= 4 is 23.1 Å². The Hall–Kier alpha value is -3.41. The van der Waals surface area contributed by atoms with E-state index in [4.69, 9.17) is 0 Å². The van der Waals surface area contributed by atoms with E-state index < -0.39 is 39.3 Å². The summed E-state index contributed by atoms with van der Waals surface area (Å²) in [6.07, 6.45) is 12.1. The Balaban J connectivity index is 2.42. The van der Waals surface area contributed by atoms with Crippen molar-refractivity contribution in [1.29, 1.82) is 0 Å². The Morgan fingerprint density at radius 1 is 0.844 bits per heavy atom. The lowest BCUT2D eigenvalue weighted by Gasteiger charge is -2.62. The van der Waals surface area contributed by atoms with Crippen molar-refractivity contribution in [2.75, 3.05) is 0 Å². The Morgan fingerprint density at radius 3 is 2.04 bits per heavy atom. The number of benzene rings is 1. The highest BCUT2D eigenvalue weighted by molar-refractivity contribution is 6.41. The molecule has 4 atom stereocenters. The van der Waals surface area contributed by atoms with Crippen LogP contribution in [0.1, 0.15) is 125 Å². The first-order valence-corrected chi connectivity index (χ1v) is 16.6. The van der Waals surface area contributed by atoms with E-state index in [1.54, 1.807) is 0 Å². The Bertz CT molecular complexity index is 1430. The fourth-order valence-electron chi connectivity index (χ4n) is 7.92. The number of phenolic OH excluding ortho intramolecular Hbond substituents is 2. The van der Waals surface area contributed by atoms with Crippen LogP contribution in [0.15, 0.2) is 58.7 Å². The third-order valence-electron chi connectivity index (χ3n) is 10.6. The molecule has 6 nitrogen and oxygen atoms in total. The number of aliphatic hydroxyl groups excluding tert-OH is 1. The van der Waals surface area contributed by atoms with Gasteiger partial charge in [-0.2, -0.15) is 0 Å². The van der Waals surface area contributed by atoms with Gasteiger partial charge in [0.25, 0.3) is 0 Å². The molecule has 0 amide bonds. The SMILES string of the molecule is CCCC12CC(CCC=C(C)C)C(C)(CCC=C(C)CC)C(CCC=C(C)C)(C(=O)C(=C(O)c3ccc(O)c(O)c3)C1=O)C2=O. The molecule has 2 aliphatic carbocycles. The van der Waals surface area contributed by atoms with Crippen molar-refractivity contribution in [2.45, 2.75) is 120 Å². The van der Waals surface area contributed by atoms with Crippen molar-refractivity contribution in [2.24, 2.45) is 22.2 Å². The van der Waals surface area contributed by atoms with Gasteiger partial charge in [0.1, 0.15) is 11.3 Å². The van der Waals surface area contributed by atoms with Gasteiger partial charge in [-0.15, -0.1) is 0 Å². The summed E-state index contributed by atoms with van der Waals surface area (Å²) in [6.45, 7) is 16.3. The van der Waals surface area contributed by atoms with Crippen molar-refractivity contribution in [1.82, 2.24) is 0 Å². The van der Waals surface area contributed by atoms with Crippen LogP contribution in [0.3, 0.4) is 0 Å². The molecule has 1 aromatic rings. The molecule has 4 unspecified atom stereocenters. The van der Waals surface area contributed by atoms with Crippen LogP contribution in [0.2, 0.25) is 0 Å². The van der Waals surface area contributed by atoms with Crippen molar-refractivity contribution in [3.63, 3.8) is 0 Å². The van der Waals surface area contributed by atoms with Crippen molar-refractivity contribution in [3.05, 3.63) is 64.3 Å². The lowest BCUT2D eigenvalue weighted by Crippen LogP contribution is -2.70. The van der Waals surface area contributed by atoms with Gasteiger partial charge in [-0.05, 0) is 122 Å². The number of rotatable bonds is 13. The van der Waals surface area contributed by atoms with Crippen LogP contribution in [0.25, 0.3) is 5.76 Å². The van der Waals surface area contributed by atoms with Crippen LogP contribution in [0.5, 0.6) is 11.5 Å². The second kappa shape index (κ2) is 14.3. The quantitative estimate of drug-likeness (QED) is 0.0507. The van der Waals surface area contributed by atoms with E-state index in [1.807, 2.05) is 26.8 Å². The molecular formula is C39H54O6. The monoisotopic (exact) mass is 618 g/mol. The summed E-state index contributed by atoms with van der Waals surface area (Å²) in [5.74, 6) is -2.99. The molecule has 0 aromatic heterocycles. The number of hydrogen-bond donors (Lipinski definition) is 3. The summed E-state index contributed by atoms with van der Waals surface area (Å²) in [6, 6.07) is 3.72. The highest BCUT2D eigenvalue weighted by Gasteiger charge is 2.74. The molecule has 0 radical (unpaired) electrons. The standard InChI is InChI=1S/C39H54O6/c1-9-20-38-24-29(17-11-14-25(3)4)37(8,21-13-16-27(7)10-2)39(36(38)45,22-12-15-26(5)6)35(44)32(34(38)43)33(42)28-18-19-30(40)31(41)23-28/h14-16,18-19,23,29,40-42H,9-13,17,20-22,24H2,1-8H3. The molecular weight excluding hydrogens is 564 g/mol. The summed E-state index contributed by atoms with van der Waals surface area (Å²) in [4.78, 5) is 45.0. The van der Waals surface area contributed by atoms with Gasteiger partial charge < -0.3 is 15.3 Å². The van der Waals surface area contributed by atoms with Crippen LogP contribution < -0.4 is 0 Å². The predicted octanol–water partition coefficient (Wildman–Crippen LogP) is 9.52. The second-order valence-corrected chi connectivity index (χ2v) is 14.1. The number of aromatic hydroxyl groups is 2. The summed E-state index contributed by atoms with van der Waals surface area (Å²) in [7, 11) is 0. The van der Waals surface area contributed by atoms with Crippen molar-refractivity contribution < 1.29 is 29.7 Å². The molecule has 2 aliphatic rings. The first-order chi connectivity index (χ1) is 21.1. The largest absolute Gasteiger partial charge is 0.506 e. The number of carbonyl (C=O) groups excluding carboxylic acids is 3. The van der Waals surface area contributed by atoms with E-state index in [0.717, 1.165) is 30.9 Å². The molecule has 0 saturated heterocycles. The maximum atomic E-state index is 15.2. The number of ketones is 3. The molecule has 3 N–H and O–H groups in total. The Kier molecular flexibility index (Phi) is 11.5. The molecule has 0 aliphatic heterocycles. The van der Waals surface area contributed by atoms with Gasteiger partial charge >= 0.3 is 0 Å². The Labute approximate surface area is 270 Å². The number of carbonyl (C=O) groups is 3. The molecule has 3 rings (SSSR count). The highest BCUT2D eigenvalue weighted by Crippen LogP contribution is 2.67. The van der Waals surface area contributed by atoms with Crippen LogP contribution in [-0.2, 0) is 14.4 Å². The average Bonchev–Trinajstić information content (AvgIpc) is 2.97. The Morgan fingerprint density at radius 2 is 1.47 bits per heavy atom. The summed E-state index contributed by atoms with van der Waals surface area (Å²) in [5, 5.41) is 31.8. The maximum Gasteiger partial charge on any atom is 0.184 e. The zero-order chi connectivity index (χ0) is 33.7. The number of fused-ring (bicyclic) bond motifs is 2. The molecule has 45 heavy (non-hydrogen) atoms. The maximum absolute atomic E-state index is 15.2. The van der Waals surface area contributed by atoms with Crippen molar-refractivity contribution in [3.8, 4) is 11.5 Å². The van der Waals surface area contributed by atoms with Gasteiger partial charge in [0.15, 0.2) is 28.8 Å². The first kappa shape index (κ1) is 36.1.